The SMILES string of the molecule is COC(=O)[C@H]1OC(O)C(O)C(O)C1O. The third kappa shape index (κ3) is 1.86. The van der Waals surface area contributed by atoms with Crippen LogP contribution in [0.25, 0.3) is 0 Å². The maximum absolute atomic E-state index is 11.0. The van der Waals surface area contributed by atoms with E-state index in [1.165, 1.54) is 0 Å². The molecule has 7 nitrogen and oxygen atoms in total. The number of esters is 1. The van der Waals surface area contributed by atoms with Gasteiger partial charge in [0.1, 0.15) is 18.3 Å². The minimum atomic E-state index is -1.72. The Labute approximate surface area is 79.5 Å². The van der Waals surface area contributed by atoms with Gasteiger partial charge in [0.05, 0.1) is 7.11 Å². The molecule has 1 fully saturated rings. The van der Waals surface area contributed by atoms with Crippen molar-refractivity contribution in [3.8, 4) is 0 Å². The molecule has 7 heteroatoms. The Morgan fingerprint density at radius 3 is 2.21 bits per heavy atom. The summed E-state index contributed by atoms with van der Waals surface area (Å²) in [5, 5.41) is 36.5. The second-order valence-corrected chi connectivity index (χ2v) is 2.94. The largest absolute Gasteiger partial charge is 0.467 e. The maximum atomic E-state index is 11.0. The van der Waals surface area contributed by atoms with Crippen molar-refractivity contribution in [1.82, 2.24) is 0 Å². The van der Waals surface area contributed by atoms with Crippen LogP contribution in [-0.4, -0.2) is 64.2 Å². The first-order valence-electron chi connectivity index (χ1n) is 3.94. The van der Waals surface area contributed by atoms with Crippen molar-refractivity contribution >= 4 is 5.97 Å². The van der Waals surface area contributed by atoms with Crippen molar-refractivity contribution in [1.29, 1.82) is 0 Å². The second-order valence-electron chi connectivity index (χ2n) is 2.94. The van der Waals surface area contributed by atoms with E-state index in [1.807, 2.05) is 0 Å². The predicted molar refractivity (Wildman–Crippen MR) is 40.9 cm³/mol. The van der Waals surface area contributed by atoms with E-state index in [0.29, 0.717) is 0 Å². The summed E-state index contributed by atoms with van der Waals surface area (Å²) in [6.45, 7) is 0. The Balaban J connectivity index is 2.75. The van der Waals surface area contributed by atoms with Crippen molar-refractivity contribution < 1.29 is 34.7 Å². The summed E-state index contributed by atoms with van der Waals surface area (Å²) in [7, 11) is 1.07. The van der Waals surface area contributed by atoms with E-state index >= 15 is 0 Å². The van der Waals surface area contributed by atoms with E-state index in [-0.39, 0.29) is 0 Å². The molecule has 1 saturated heterocycles. The molecule has 1 heterocycles. The van der Waals surface area contributed by atoms with Crippen LogP contribution in [0.2, 0.25) is 0 Å². The van der Waals surface area contributed by atoms with E-state index in [4.69, 9.17) is 10.2 Å². The van der Waals surface area contributed by atoms with Gasteiger partial charge in [0.25, 0.3) is 0 Å². The highest BCUT2D eigenvalue weighted by Crippen LogP contribution is 2.20. The minimum Gasteiger partial charge on any atom is -0.467 e. The first-order chi connectivity index (χ1) is 6.49. The van der Waals surface area contributed by atoms with Gasteiger partial charge in [-0.1, -0.05) is 0 Å². The molecular weight excluding hydrogens is 196 g/mol. The zero-order valence-electron chi connectivity index (χ0n) is 7.40. The van der Waals surface area contributed by atoms with E-state index in [0.717, 1.165) is 7.11 Å². The number of aliphatic hydroxyl groups excluding tert-OH is 4. The quantitative estimate of drug-likeness (QED) is 0.338. The van der Waals surface area contributed by atoms with Gasteiger partial charge in [0, 0.05) is 0 Å². The number of hydrogen-bond donors (Lipinski definition) is 4. The molecule has 0 aromatic heterocycles. The Kier molecular flexibility index (Phi) is 3.40. The van der Waals surface area contributed by atoms with Gasteiger partial charge < -0.3 is 29.9 Å². The van der Waals surface area contributed by atoms with Crippen molar-refractivity contribution in [3.63, 3.8) is 0 Å². The van der Waals surface area contributed by atoms with Gasteiger partial charge in [-0.25, -0.2) is 4.79 Å². The molecule has 0 spiro atoms. The lowest BCUT2D eigenvalue weighted by Crippen LogP contribution is -2.59. The number of carbonyl (C=O) groups excluding carboxylic acids is 1. The Morgan fingerprint density at radius 2 is 1.71 bits per heavy atom. The fraction of sp³-hybridized carbons (Fsp3) is 0.857. The van der Waals surface area contributed by atoms with Crippen molar-refractivity contribution in [2.24, 2.45) is 0 Å². The van der Waals surface area contributed by atoms with Gasteiger partial charge in [-0.3, -0.25) is 0 Å². The van der Waals surface area contributed by atoms with E-state index in [2.05, 4.69) is 9.47 Å². The molecule has 0 bridgehead atoms. The van der Waals surface area contributed by atoms with Crippen LogP contribution in [0, 0.1) is 0 Å². The highest BCUT2D eigenvalue weighted by atomic mass is 16.7. The highest BCUT2D eigenvalue weighted by molar-refractivity contribution is 5.75. The molecule has 1 aliphatic heterocycles. The third-order valence-electron chi connectivity index (χ3n) is 2.02. The van der Waals surface area contributed by atoms with Gasteiger partial charge in [-0.15, -0.1) is 0 Å². The van der Waals surface area contributed by atoms with Crippen LogP contribution in [0.3, 0.4) is 0 Å². The molecule has 0 amide bonds. The van der Waals surface area contributed by atoms with Crippen molar-refractivity contribution in [2.75, 3.05) is 7.11 Å². The maximum Gasteiger partial charge on any atom is 0.337 e. The molecule has 0 aromatic rings. The molecule has 4 N–H and O–H groups in total. The average molecular weight is 208 g/mol. The van der Waals surface area contributed by atoms with Gasteiger partial charge in [0.15, 0.2) is 12.4 Å². The van der Waals surface area contributed by atoms with Gasteiger partial charge in [0.2, 0.25) is 0 Å². The molecule has 4 unspecified atom stereocenters. The lowest BCUT2D eigenvalue weighted by molar-refractivity contribution is -0.280. The minimum absolute atomic E-state index is 0.928. The second kappa shape index (κ2) is 4.20. The van der Waals surface area contributed by atoms with Crippen LogP contribution in [0.5, 0.6) is 0 Å². The number of ether oxygens (including phenoxy) is 2. The first-order valence-corrected chi connectivity index (χ1v) is 3.94. The molecule has 82 valence electrons. The Morgan fingerprint density at radius 1 is 1.14 bits per heavy atom. The average Bonchev–Trinajstić information content (AvgIpc) is 2.19. The monoisotopic (exact) mass is 208 g/mol. The molecule has 0 radical (unpaired) electrons. The molecule has 14 heavy (non-hydrogen) atoms. The Hall–Kier alpha value is -0.730. The van der Waals surface area contributed by atoms with Crippen LogP contribution in [0.4, 0.5) is 0 Å². The summed E-state index contributed by atoms with van der Waals surface area (Å²) in [4.78, 5) is 11.0. The number of aliphatic hydroxyl groups is 4. The Bertz CT molecular complexity index is 218. The first kappa shape index (κ1) is 11.3. The molecular formula is C7H12O7. The van der Waals surface area contributed by atoms with E-state index in [9.17, 15) is 15.0 Å². The zero-order chi connectivity index (χ0) is 10.9. The van der Waals surface area contributed by atoms with Gasteiger partial charge >= 0.3 is 5.97 Å². The highest BCUT2D eigenvalue weighted by Gasteiger charge is 2.46. The lowest BCUT2D eigenvalue weighted by atomic mass is 9.99. The standard InChI is InChI=1S/C7H12O7/c1-13-7(12)5-3(9)2(8)4(10)6(11)14-5/h2-6,8-11H,1H3/t2?,3?,4?,5-,6?/m0/s1. The number of methoxy groups -OCH3 is 1. The zero-order valence-corrected chi connectivity index (χ0v) is 7.40. The summed E-state index contributed by atoms with van der Waals surface area (Å²) in [6, 6.07) is 0. The number of rotatable bonds is 1. The predicted octanol–water partition coefficient (Wildman–Crippen LogP) is -3.04. The van der Waals surface area contributed by atoms with Crippen LogP contribution in [-0.2, 0) is 14.3 Å². The van der Waals surface area contributed by atoms with Crippen molar-refractivity contribution in [2.45, 2.75) is 30.7 Å². The number of hydrogen-bond acceptors (Lipinski definition) is 7. The normalized spacial score (nSPS) is 43.4. The molecule has 0 aliphatic carbocycles. The van der Waals surface area contributed by atoms with Gasteiger partial charge in [-0.05, 0) is 0 Å². The molecule has 1 aliphatic rings. The summed E-state index contributed by atoms with van der Waals surface area (Å²) in [5.41, 5.74) is 0. The molecule has 0 aromatic carbocycles. The molecule has 5 atom stereocenters. The summed E-state index contributed by atoms with van der Waals surface area (Å²) < 4.78 is 8.82. The van der Waals surface area contributed by atoms with E-state index in [1.54, 1.807) is 0 Å². The third-order valence-corrected chi connectivity index (χ3v) is 2.02. The van der Waals surface area contributed by atoms with Crippen LogP contribution in [0.15, 0.2) is 0 Å². The van der Waals surface area contributed by atoms with Crippen molar-refractivity contribution in [3.05, 3.63) is 0 Å². The summed E-state index contributed by atoms with van der Waals surface area (Å²) in [6.07, 6.45) is -8.14. The topological polar surface area (TPSA) is 116 Å². The fourth-order valence-electron chi connectivity index (χ4n) is 1.17. The molecule has 0 saturated carbocycles. The summed E-state index contributed by atoms with van der Waals surface area (Å²) >= 11 is 0. The van der Waals surface area contributed by atoms with E-state index < -0.39 is 36.7 Å². The smallest absolute Gasteiger partial charge is 0.337 e. The summed E-state index contributed by atoms with van der Waals surface area (Å²) in [5.74, 6) is -0.928. The van der Waals surface area contributed by atoms with Gasteiger partial charge in [-0.2, -0.15) is 0 Å². The van der Waals surface area contributed by atoms with Crippen LogP contribution < -0.4 is 0 Å². The number of carbonyl (C=O) groups is 1. The fourth-order valence-corrected chi connectivity index (χ4v) is 1.17. The van der Waals surface area contributed by atoms with Crippen LogP contribution in [0.1, 0.15) is 0 Å². The molecule has 1 rings (SSSR count). The lowest BCUT2D eigenvalue weighted by Gasteiger charge is -2.36. The van der Waals surface area contributed by atoms with Crippen LogP contribution >= 0.6 is 0 Å².